The molecule has 0 saturated carbocycles. The molecule has 2 rings (SSSR count). The van der Waals surface area contributed by atoms with Crippen molar-refractivity contribution in [1.29, 1.82) is 5.26 Å². The van der Waals surface area contributed by atoms with Crippen molar-refractivity contribution in [3.05, 3.63) is 17.8 Å². The van der Waals surface area contributed by atoms with Crippen LogP contribution in [0.15, 0.2) is 12.1 Å². The molecular weight excluding hydrogens is 194 g/mol. The van der Waals surface area contributed by atoms with Crippen molar-refractivity contribution < 1.29 is 9.84 Å². The molecule has 0 amide bonds. The number of rotatable bonds is 1. The van der Waals surface area contributed by atoms with Crippen molar-refractivity contribution in [3.63, 3.8) is 0 Å². The first-order chi connectivity index (χ1) is 7.31. The first-order valence-electron chi connectivity index (χ1n) is 4.74. The Kier molecular flexibility index (Phi) is 2.70. The van der Waals surface area contributed by atoms with Crippen molar-refractivity contribution in [3.8, 4) is 11.8 Å². The van der Waals surface area contributed by atoms with Crippen molar-refractivity contribution in [2.45, 2.75) is 0 Å². The van der Waals surface area contributed by atoms with Gasteiger partial charge in [-0.15, -0.1) is 0 Å². The number of morpholine rings is 1. The summed E-state index contributed by atoms with van der Waals surface area (Å²) in [7, 11) is 0. The standard InChI is InChI=1S/C10H11N3O2/c11-7-8-9(14)1-2-10(12-8)13-3-5-15-6-4-13/h1-2,14H,3-6H2. The fourth-order valence-corrected chi connectivity index (χ4v) is 1.49. The summed E-state index contributed by atoms with van der Waals surface area (Å²) in [5.74, 6) is 0.641. The van der Waals surface area contributed by atoms with E-state index in [2.05, 4.69) is 4.98 Å². The zero-order valence-electron chi connectivity index (χ0n) is 8.18. The molecule has 1 aromatic rings. The molecule has 0 unspecified atom stereocenters. The summed E-state index contributed by atoms with van der Waals surface area (Å²) in [6, 6.07) is 5.06. The highest BCUT2D eigenvalue weighted by Crippen LogP contribution is 2.19. The normalized spacial score (nSPS) is 16.1. The van der Waals surface area contributed by atoms with Gasteiger partial charge in [0.2, 0.25) is 0 Å². The second-order valence-electron chi connectivity index (χ2n) is 3.25. The molecule has 1 aliphatic heterocycles. The molecule has 5 nitrogen and oxygen atoms in total. The van der Waals surface area contributed by atoms with Gasteiger partial charge in [-0.3, -0.25) is 0 Å². The van der Waals surface area contributed by atoms with E-state index in [-0.39, 0.29) is 11.4 Å². The molecule has 1 aromatic heterocycles. The van der Waals surface area contributed by atoms with Crippen LogP contribution >= 0.6 is 0 Å². The van der Waals surface area contributed by atoms with Crippen LogP contribution < -0.4 is 4.90 Å². The summed E-state index contributed by atoms with van der Waals surface area (Å²) >= 11 is 0. The molecule has 2 heterocycles. The Balaban J connectivity index is 2.25. The van der Waals surface area contributed by atoms with Gasteiger partial charge in [0, 0.05) is 13.1 Å². The Morgan fingerprint density at radius 3 is 2.80 bits per heavy atom. The van der Waals surface area contributed by atoms with E-state index < -0.39 is 0 Å². The molecule has 0 aliphatic carbocycles. The fraction of sp³-hybridized carbons (Fsp3) is 0.400. The van der Waals surface area contributed by atoms with Crippen molar-refractivity contribution in [2.75, 3.05) is 31.2 Å². The summed E-state index contributed by atoms with van der Waals surface area (Å²) in [5.41, 5.74) is 0.0685. The molecule has 1 fully saturated rings. The Labute approximate surface area is 87.5 Å². The Morgan fingerprint density at radius 1 is 1.40 bits per heavy atom. The average molecular weight is 205 g/mol. The number of nitrogens with zero attached hydrogens (tertiary/aromatic N) is 3. The van der Waals surface area contributed by atoms with Crippen LogP contribution in [0.25, 0.3) is 0 Å². The van der Waals surface area contributed by atoms with E-state index in [0.29, 0.717) is 19.0 Å². The van der Waals surface area contributed by atoms with E-state index in [1.54, 1.807) is 6.07 Å². The maximum absolute atomic E-state index is 9.31. The minimum absolute atomic E-state index is 0.0685. The van der Waals surface area contributed by atoms with Crippen LogP contribution in [0.4, 0.5) is 5.82 Å². The van der Waals surface area contributed by atoms with Crippen LogP contribution in [0.5, 0.6) is 5.75 Å². The first-order valence-corrected chi connectivity index (χ1v) is 4.74. The lowest BCUT2D eigenvalue weighted by Gasteiger charge is -2.27. The highest BCUT2D eigenvalue weighted by Gasteiger charge is 2.13. The summed E-state index contributed by atoms with van der Waals surface area (Å²) in [6.45, 7) is 2.88. The van der Waals surface area contributed by atoms with E-state index >= 15 is 0 Å². The van der Waals surface area contributed by atoms with Crippen molar-refractivity contribution >= 4 is 5.82 Å². The number of aromatic nitrogens is 1. The number of hydrogen-bond acceptors (Lipinski definition) is 5. The zero-order valence-corrected chi connectivity index (χ0v) is 8.18. The number of aromatic hydroxyl groups is 1. The van der Waals surface area contributed by atoms with Gasteiger partial charge in [-0.1, -0.05) is 0 Å². The van der Waals surface area contributed by atoms with Gasteiger partial charge in [0.05, 0.1) is 13.2 Å². The van der Waals surface area contributed by atoms with Gasteiger partial charge in [0.1, 0.15) is 11.9 Å². The van der Waals surface area contributed by atoms with Gasteiger partial charge in [0.15, 0.2) is 11.4 Å². The molecule has 15 heavy (non-hydrogen) atoms. The number of ether oxygens (including phenoxy) is 1. The van der Waals surface area contributed by atoms with Crippen LogP contribution in [0.2, 0.25) is 0 Å². The summed E-state index contributed by atoms with van der Waals surface area (Å²) in [6.07, 6.45) is 0. The van der Waals surface area contributed by atoms with Gasteiger partial charge < -0.3 is 14.7 Å². The largest absolute Gasteiger partial charge is 0.505 e. The first kappa shape index (κ1) is 9.74. The number of anilines is 1. The number of hydrogen-bond donors (Lipinski definition) is 1. The monoisotopic (exact) mass is 205 g/mol. The van der Waals surface area contributed by atoms with Crippen LogP contribution in [-0.4, -0.2) is 36.4 Å². The molecule has 0 aromatic carbocycles. The van der Waals surface area contributed by atoms with E-state index in [9.17, 15) is 5.11 Å². The predicted octanol–water partition coefficient (Wildman–Crippen LogP) is 0.495. The van der Waals surface area contributed by atoms with Crippen LogP contribution in [-0.2, 0) is 4.74 Å². The molecular formula is C10H11N3O2. The lowest BCUT2D eigenvalue weighted by Crippen LogP contribution is -2.36. The Bertz CT molecular complexity index is 394. The molecule has 78 valence electrons. The topological polar surface area (TPSA) is 69.4 Å². The minimum atomic E-state index is -0.0745. The van der Waals surface area contributed by atoms with Crippen molar-refractivity contribution in [1.82, 2.24) is 4.98 Å². The lowest BCUT2D eigenvalue weighted by molar-refractivity contribution is 0.122. The van der Waals surface area contributed by atoms with Gasteiger partial charge in [-0.2, -0.15) is 5.26 Å². The molecule has 0 atom stereocenters. The van der Waals surface area contributed by atoms with Gasteiger partial charge in [-0.05, 0) is 12.1 Å². The molecule has 1 saturated heterocycles. The zero-order chi connectivity index (χ0) is 10.7. The van der Waals surface area contributed by atoms with Crippen LogP contribution in [0, 0.1) is 11.3 Å². The molecule has 5 heteroatoms. The minimum Gasteiger partial charge on any atom is -0.505 e. The second-order valence-corrected chi connectivity index (χ2v) is 3.25. The maximum atomic E-state index is 9.31. The molecule has 0 bridgehead atoms. The molecule has 0 spiro atoms. The van der Waals surface area contributed by atoms with Gasteiger partial charge in [0.25, 0.3) is 0 Å². The number of pyridine rings is 1. The summed E-state index contributed by atoms with van der Waals surface area (Å²) < 4.78 is 5.22. The lowest BCUT2D eigenvalue weighted by atomic mass is 10.3. The van der Waals surface area contributed by atoms with Crippen LogP contribution in [0.3, 0.4) is 0 Å². The Morgan fingerprint density at radius 2 is 2.13 bits per heavy atom. The van der Waals surface area contributed by atoms with E-state index in [1.165, 1.54) is 6.07 Å². The summed E-state index contributed by atoms with van der Waals surface area (Å²) in [5, 5.41) is 18.0. The van der Waals surface area contributed by atoms with E-state index in [4.69, 9.17) is 10.00 Å². The van der Waals surface area contributed by atoms with E-state index in [0.717, 1.165) is 13.1 Å². The highest BCUT2D eigenvalue weighted by atomic mass is 16.5. The third-order valence-corrected chi connectivity index (χ3v) is 2.30. The van der Waals surface area contributed by atoms with Crippen molar-refractivity contribution in [2.24, 2.45) is 0 Å². The maximum Gasteiger partial charge on any atom is 0.184 e. The predicted molar refractivity (Wildman–Crippen MR) is 53.6 cm³/mol. The Hall–Kier alpha value is -1.80. The quantitative estimate of drug-likeness (QED) is 0.722. The van der Waals surface area contributed by atoms with Gasteiger partial charge in [-0.25, -0.2) is 4.98 Å². The smallest absolute Gasteiger partial charge is 0.184 e. The fourth-order valence-electron chi connectivity index (χ4n) is 1.49. The second kappa shape index (κ2) is 4.15. The van der Waals surface area contributed by atoms with E-state index in [1.807, 2.05) is 11.0 Å². The molecule has 0 radical (unpaired) electrons. The summed E-state index contributed by atoms with van der Waals surface area (Å²) in [4.78, 5) is 6.11. The third-order valence-electron chi connectivity index (χ3n) is 2.30. The number of nitriles is 1. The average Bonchev–Trinajstić information content (AvgIpc) is 2.31. The highest BCUT2D eigenvalue weighted by molar-refractivity contribution is 5.47. The van der Waals surface area contributed by atoms with Crippen LogP contribution in [0.1, 0.15) is 5.69 Å². The third kappa shape index (κ3) is 2.00. The molecule has 1 N–H and O–H groups in total. The molecule has 1 aliphatic rings. The SMILES string of the molecule is N#Cc1nc(N2CCOCC2)ccc1O. The van der Waals surface area contributed by atoms with Gasteiger partial charge >= 0.3 is 0 Å².